The van der Waals surface area contributed by atoms with Gasteiger partial charge in [0.15, 0.2) is 0 Å². The van der Waals surface area contributed by atoms with Gasteiger partial charge in [-0.25, -0.2) is 0 Å². The Morgan fingerprint density at radius 3 is 2.12 bits per heavy atom. The number of piperazine rings is 1. The lowest BCUT2D eigenvalue weighted by Gasteiger charge is -2.42. The van der Waals surface area contributed by atoms with Crippen LogP contribution in [-0.4, -0.2) is 56.3 Å². The Morgan fingerprint density at radius 1 is 1.19 bits per heavy atom. The van der Waals surface area contributed by atoms with Gasteiger partial charge in [0.25, 0.3) is 10.2 Å². The summed E-state index contributed by atoms with van der Waals surface area (Å²) < 4.78 is 26.8. The third kappa shape index (κ3) is 2.68. The Bertz CT molecular complexity index is 322. The molecule has 96 valence electrons. The van der Waals surface area contributed by atoms with Crippen molar-refractivity contribution in [1.29, 1.82) is 0 Å². The fourth-order valence-electron chi connectivity index (χ4n) is 2.38. The van der Waals surface area contributed by atoms with Gasteiger partial charge in [-0.2, -0.15) is 17.0 Å². The number of rotatable bonds is 2. The van der Waals surface area contributed by atoms with Gasteiger partial charge in [0.1, 0.15) is 0 Å². The zero-order valence-corrected chi connectivity index (χ0v) is 11.4. The SMILES string of the molecule is CN(C)S(=O)(=O)N1CC2CCCC(C1)N2.Cl. The van der Waals surface area contributed by atoms with Crippen molar-refractivity contribution < 1.29 is 8.42 Å². The fraction of sp³-hybridized carbons (Fsp3) is 1.00. The van der Waals surface area contributed by atoms with Gasteiger partial charge in [-0.05, 0) is 12.8 Å². The van der Waals surface area contributed by atoms with E-state index in [1.165, 1.54) is 10.7 Å². The Morgan fingerprint density at radius 2 is 1.69 bits per heavy atom. The molecular weight excluding hydrogens is 250 g/mol. The molecule has 0 aromatic heterocycles. The van der Waals surface area contributed by atoms with E-state index in [1.54, 1.807) is 18.4 Å². The van der Waals surface area contributed by atoms with Crippen molar-refractivity contribution in [3.8, 4) is 0 Å². The average Bonchev–Trinajstić information content (AvgIpc) is 2.16. The second-order valence-electron chi connectivity index (χ2n) is 4.60. The first-order chi connectivity index (χ1) is 7.00. The summed E-state index contributed by atoms with van der Waals surface area (Å²) >= 11 is 0. The maximum absolute atomic E-state index is 11.9. The number of piperidine rings is 1. The van der Waals surface area contributed by atoms with E-state index in [-0.39, 0.29) is 12.4 Å². The van der Waals surface area contributed by atoms with Gasteiger partial charge >= 0.3 is 0 Å². The maximum Gasteiger partial charge on any atom is 0.281 e. The maximum atomic E-state index is 11.9. The van der Waals surface area contributed by atoms with Crippen LogP contribution in [-0.2, 0) is 10.2 Å². The Labute approximate surface area is 104 Å². The predicted octanol–water partition coefficient (Wildman–Crippen LogP) is 0.0409. The number of hydrogen-bond acceptors (Lipinski definition) is 3. The summed E-state index contributed by atoms with van der Waals surface area (Å²) in [4.78, 5) is 0. The van der Waals surface area contributed by atoms with Crippen LogP contribution in [0.2, 0.25) is 0 Å². The zero-order chi connectivity index (χ0) is 11.1. The Kier molecular flexibility index (Phi) is 4.59. The number of halogens is 1. The third-order valence-corrected chi connectivity index (χ3v) is 5.09. The van der Waals surface area contributed by atoms with E-state index in [4.69, 9.17) is 0 Å². The van der Waals surface area contributed by atoms with Crippen molar-refractivity contribution in [2.75, 3.05) is 27.2 Å². The van der Waals surface area contributed by atoms with Crippen LogP contribution < -0.4 is 5.32 Å². The van der Waals surface area contributed by atoms with Crippen molar-refractivity contribution in [2.24, 2.45) is 0 Å². The first kappa shape index (κ1) is 14.2. The minimum absolute atomic E-state index is 0. The highest BCUT2D eigenvalue weighted by molar-refractivity contribution is 7.86. The van der Waals surface area contributed by atoms with Crippen LogP contribution in [0, 0.1) is 0 Å². The minimum Gasteiger partial charge on any atom is -0.309 e. The van der Waals surface area contributed by atoms with Gasteiger partial charge < -0.3 is 5.32 Å². The summed E-state index contributed by atoms with van der Waals surface area (Å²) in [5, 5.41) is 3.47. The molecule has 2 fully saturated rings. The van der Waals surface area contributed by atoms with Gasteiger partial charge in [-0.3, -0.25) is 0 Å². The molecule has 0 aromatic carbocycles. The van der Waals surface area contributed by atoms with Gasteiger partial charge in [0.2, 0.25) is 0 Å². The molecule has 5 nitrogen and oxygen atoms in total. The number of fused-ring (bicyclic) bond motifs is 2. The summed E-state index contributed by atoms with van der Waals surface area (Å²) in [6, 6.07) is 0.708. The quantitative estimate of drug-likeness (QED) is 0.770. The molecule has 0 spiro atoms. The zero-order valence-electron chi connectivity index (χ0n) is 9.72. The Balaban J connectivity index is 0.00000128. The number of hydrogen-bond donors (Lipinski definition) is 1. The smallest absolute Gasteiger partial charge is 0.281 e. The largest absolute Gasteiger partial charge is 0.309 e. The van der Waals surface area contributed by atoms with Gasteiger partial charge in [0, 0.05) is 39.3 Å². The molecule has 0 saturated carbocycles. The van der Waals surface area contributed by atoms with Crippen LogP contribution >= 0.6 is 12.4 Å². The van der Waals surface area contributed by atoms with Crippen molar-refractivity contribution in [3.63, 3.8) is 0 Å². The molecule has 2 rings (SSSR count). The fourth-order valence-corrected chi connectivity index (χ4v) is 3.58. The summed E-state index contributed by atoms with van der Waals surface area (Å²) in [7, 11) is -0.0345. The highest BCUT2D eigenvalue weighted by Gasteiger charge is 2.36. The van der Waals surface area contributed by atoms with E-state index < -0.39 is 10.2 Å². The van der Waals surface area contributed by atoms with Gasteiger partial charge in [0.05, 0.1) is 0 Å². The molecule has 2 bridgehead atoms. The van der Waals surface area contributed by atoms with Crippen LogP contribution in [0.4, 0.5) is 0 Å². The molecule has 1 N–H and O–H groups in total. The normalized spacial score (nSPS) is 31.2. The lowest BCUT2D eigenvalue weighted by molar-refractivity contribution is 0.185. The number of nitrogens with one attached hydrogen (secondary N) is 1. The van der Waals surface area contributed by atoms with E-state index in [2.05, 4.69) is 5.32 Å². The lowest BCUT2D eigenvalue weighted by atomic mass is 9.96. The van der Waals surface area contributed by atoms with Crippen LogP contribution in [0.25, 0.3) is 0 Å². The summed E-state index contributed by atoms with van der Waals surface area (Å²) in [5.41, 5.74) is 0. The van der Waals surface area contributed by atoms with Crippen molar-refractivity contribution >= 4 is 22.6 Å². The molecule has 2 aliphatic rings. The Hall–Kier alpha value is 0.120. The molecule has 2 saturated heterocycles. The van der Waals surface area contributed by atoms with Crippen molar-refractivity contribution in [3.05, 3.63) is 0 Å². The summed E-state index contributed by atoms with van der Waals surface area (Å²) in [5.74, 6) is 0. The molecule has 0 radical (unpaired) electrons. The molecule has 0 aromatic rings. The number of nitrogens with zero attached hydrogens (tertiary/aromatic N) is 2. The first-order valence-corrected chi connectivity index (χ1v) is 6.83. The predicted molar refractivity (Wildman–Crippen MR) is 66.0 cm³/mol. The molecule has 7 heteroatoms. The third-order valence-electron chi connectivity index (χ3n) is 3.21. The molecule has 2 unspecified atom stereocenters. The summed E-state index contributed by atoms with van der Waals surface area (Å²) in [6.45, 7) is 1.24. The molecule has 2 atom stereocenters. The van der Waals surface area contributed by atoms with Gasteiger partial charge in [-0.15, -0.1) is 12.4 Å². The molecular formula is C9H20ClN3O2S. The van der Waals surface area contributed by atoms with Gasteiger partial charge in [-0.1, -0.05) is 6.42 Å². The van der Waals surface area contributed by atoms with Crippen molar-refractivity contribution in [2.45, 2.75) is 31.3 Å². The minimum atomic E-state index is -3.22. The molecule has 0 amide bonds. The van der Waals surface area contributed by atoms with E-state index in [0.717, 1.165) is 12.8 Å². The molecule has 16 heavy (non-hydrogen) atoms. The second-order valence-corrected chi connectivity index (χ2v) is 6.74. The van der Waals surface area contributed by atoms with E-state index in [1.807, 2.05) is 0 Å². The second kappa shape index (κ2) is 5.18. The van der Waals surface area contributed by atoms with E-state index >= 15 is 0 Å². The lowest BCUT2D eigenvalue weighted by Crippen LogP contribution is -2.61. The highest BCUT2D eigenvalue weighted by atomic mass is 35.5. The van der Waals surface area contributed by atoms with E-state index in [0.29, 0.717) is 25.2 Å². The molecule has 2 heterocycles. The van der Waals surface area contributed by atoms with E-state index in [9.17, 15) is 8.42 Å². The van der Waals surface area contributed by atoms with Crippen LogP contribution in [0.5, 0.6) is 0 Å². The topological polar surface area (TPSA) is 52.7 Å². The van der Waals surface area contributed by atoms with Crippen LogP contribution in [0.15, 0.2) is 0 Å². The standard InChI is InChI=1S/C9H19N3O2S.ClH/c1-11(2)15(13,14)12-6-8-4-3-5-9(7-12)10-8;/h8-10H,3-7H2,1-2H3;1H. The first-order valence-electron chi connectivity index (χ1n) is 5.44. The van der Waals surface area contributed by atoms with Crippen LogP contribution in [0.3, 0.4) is 0 Å². The monoisotopic (exact) mass is 269 g/mol. The molecule has 0 aliphatic carbocycles. The van der Waals surface area contributed by atoms with Crippen LogP contribution in [0.1, 0.15) is 19.3 Å². The molecule has 2 aliphatic heterocycles. The van der Waals surface area contributed by atoms with Crippen molar-refractivity contribution in [1.82, 2.24) is 13.9 Å². The highest BCUT2D eigenvalue weighted by Crippen LogP contribution is 2.21. The summed E-state index contributed by atoms with van der Waals surface area (Å²) in [6.07, 6.45) is 3.41. The average molecular weight is 270 g/mol.